The molecule has 0 N–H and O–H groups in total. The standard InChI is InChI=1S/C11H16IN3/c1-10-2-3-11(8-13-10)9-14-4-6-15(12)7-5-14/h2-3,8H,4-7,9H2,1H3. The third-order valence-corrected chi connectivity index (χ3v) is 3.66. The van der Waals surface area contributed by atoms with E-state index < -0.39 is 0 Å². The van der Waals surface area contributed by atoms with Gasteiger partial charge in [-0.15, -0.1) is 0 Å². The van der Waals surface area contributed by atoms with Crippen molar-refractivity contribution in [1.82, 2.24) is 13.0 Å². The fraction of sp³-hybridized carbons (Fsp3) is 0.545. The smallest absolute Gasteiger partial charge is 0.0372 e. The number of aryl methyl sites for hydroxylation is 1. The number of hydrogen-bond acceptors (Lipinski definition) is 3. The molecule has 3 nitrogen and oxygen atoms in total. The molecule has 1 aromatic heterocycles. The van der Waals surface area contributed by atoms with E-state index in [4.69, 9.17) is 0 Å². The SMILES string of the molecule is Cc1ccc(CN2CCN(I)CC2)cn1. The normalized spacial score (nSPS) is 19.3. The lowest BCUT2D eigenvalue weighted by Gasteiger charge is -2.30. The zero-order valence-corrected chi connectivity index (χ0v) is 11.1. The highest BCUT2D eigenvalue weighted by Crippen LogP contribution is 2.10. The second-order valence-electron chi connectivity index (χ2n) is 3.99. The Kier molecular flexibility index (Phi) is 3.93. The summed E-state index contributed by atoms with van der Waals surface area (Å²) in [6.45, 7) is 7.73. The molecule has 0 saturated carbocycles. The monoisotopic (exact) mass is 317 g/mol. The summed E-state index contributed by atoms with van der Waals surface area (Å²) in [5.41, 5.74) is 2.42. The van der Waals surface area contributed by atoms with E-state index in [2.05, 4.69) is 48.0 Å². The fourth-order valence-electron chi connectivity index (χ4n) is 1.73. The van der Waals surface area contributed by atoms with Crippen molar-refractivity contribution >= 4 is 22.9 Å². The molecular weight excluding hydrogens is 301 g/mol. The van der Waals surface area contributed by atoms with E-state index in [1.165, 1.54) is 18.7 Å². The number of halogens is 1. The highest BCUT2D eigenvalue weighted by Gasteiger charge is 2.14. The van der Waals surface area contributed by atoms with E-state index in [1.54, 1.807) is 0 Å². The predicted molar refractivity (Wildman–Crippen MR) is 69.8 cm³/mol. The number of rotatable bonds is 2. The minimum absolute atomic E-state index is 1.04. The van der Waals surface area contributed by atoms with Crippen molar-refractivity contribution in [3.05, 3.63) is 29.6 Å². The predicted octanol–water partition coefficient (Wildman–Crippen LogP) is 1.86. The molecule has 0 unspecified atom stereocenters. The molecule has 0 aliphatic carbocycles. The van der Waals surface area contributed by atoms with E-state index in [1.807, 2.05) is 13.1 Å². The van der Waals surface area contributed by atoms with Crippen LogP contribution in [0.3, 0.4) is 0 Å². The molecule has 82 valence electrons. The zero-order valence-electron chi connectivity index (χ0n) is 8.99. The van der Waals surface area contributed by atoms with Crippen molar-refractivity contribution in [2.45, 2.75) is 13.5 Å². The molecule has 2 heterocycles. The van der Waals surface area contributed by atoms with Crippen LogP contribution in [0.1, 0.15) is 11.3 Å². The summed E-state index contributed by atoms with van der Waals surface area (Å²) in [6, 6.07) is 4.27. The van der Waals surface area contributed by atoms with Gasteiger partial charge in [-0.3, -0.25) is 9.88 Å². The summed E-state index contributed by atoms with van der Waals surface area (Å²) in [4.78, 5) is 6.81. The molecule has 1 fully saturated rings. The van der Waals surface area contributed by atoms with Crippen LogP contribution in [-0.2, 0) is 6.54 Å². The van der Waals surface area contributed by atoms with Crippen LogP contribution < -0.4 is 0 Å². The molecule has 4 heteroatoms. The molecule has 0 bridgehead atoms. The third kappa shape index (κ3) is 3.39. The summed E-state index contributed by atoms with van der Waals surface area (Å²) in [5, 5.41) is 0. The Morgan fingerprint density at radius 2 is 2.00 bits per heavy atom. The van der Waals surface area contributed by atoms with E-state index in [-0.39, 0.29) is 0 Å². The maximum absolute atomic E-state index is 4.32. The average molecular weight is 317 g/mol. The van der Waals surface area contributed by atoms with Gasteiger partial charge in [0.15, 0.2) is 0 Å². The summed E-state index contributed by atoms with van der Waals surface area (Å²) in [5.74, 6) is 0. The molecule has 1 aliphatic rings. The van der Waals surface area contributed by atoms with Crippen molar-refractivity contribution in [1.29, 1.82) is 0 Å². The van der Waals surface area contributed by atoms with E-state index in [0.29, 0.717) is 0 Å². The van der Waals surface area contributed by atoms with Crippen LogP contribution in [-0.4, -0.2) is 39.2 Å². The molecule has 0 aromatic carbocycles. The van der Waals surface area contributed by atoms with Gasteiger partial charge >= 0.3 is 0 Å². The molecule has 1 saturated heterocycles. The van der Waals surface area contributed by atoms with Crippen LogP contribution in [0.15, 0.2) is 18.3 Å². The van der Waals surface area contributed by atoms with Crippen LogP contribution in [0.4, 0.5) is 0 Å². The van der Waals surface area contributed by atoms with E-state index >= 15 is 0 Å². The fourth-order valence-corrected chi connectivity index (χ4v) is 2.16. The van der Waals surface area contributed by atoms with Crippen molar-refractivity contribution in [3.8, 4) is 0 Å². The Bertz CT molecular complexity index is 304. The van der Waals surface area contributed by atoms with Gasteiger partial charge in [-0.2, -0.15) is 0 Å². The first kappa shape index (κ1) is 11.3. The van der Waals surface area contributed by atoms with Crippen LogP contribution >= 0.6 is 22.9 Å². The van der Waals surface area contributed by atoms with Gasteiger partial charge in [0.25, 0.3) is 0 Å². The van der Waals surface area contributed by atoms with Gasteiger partial charge in [-0.1, -0.05) is 6.07 Å². The summed E-state index contributed by atoms with van der Waals surface area (Å²) >= 11 is 2.40. The van der Waals surface area contributed by atoms with Gasteiger partial charge in [-0.05, 0) is 18.6 Å². The molecule has 0 radical (unpaired) electrons. The molecule has 0 atom stereocenters. The van der Waals surface area contributed by atoms with Gasteiger partial charge in [0, 0.05) is 67.5 Å². The van der Waals surface area contributed by atoms with E-state index in [0.717, 1.165) is 25.3 Å². The highest BCUT2D eigenvalue weighted by atomic mass is 127. The second kappa shape index (κ2) is 5.23. The maximum atomic E-state index is 4.32. The Balaban J connectivity index is 1.89. The Morgan fingerprint density at radius 3 is 2.60 bits per heavy atom. The van der Waals surface area contributed by atoms with Crippen molar-refractivity contribution in [2.24, 2.45) is 0 Å². The van der Waals surface area contributed by atoms with Crippen LogP contribution in [0.5, 0.6) is 0 Å². The average Bonchev–Trinajstić information content (AvgIpc) is 2.25. The zero-order chi connectivity index (χ0) is 10.7. The van der Waals surface area contributed by atoms with Crippen molar-refractivity contribution in [2.75, 3.05) is 26.2 Å². The second-order valence-corrected chi connectivity index (χ2v) is 5.36. The van der Waals surface area contributed by atoms with Gasteiger partial charge in [0.2, 0.25) is 0 Å². The first-order valence-electron chi connectivity index (χ1n) is 5.28. The van der Waals surface area contributed by atoms with Crippen LogP contribution in [0.25, 0.3) is 0 Å². The maximum Gasteiger partial charge on any atom is 0.0372 e. The topological polar surface area (TPSA) is 19.4 Å². The Hall–Kier alpha value is -0.200. The van der Waals surface area contributed by atoms with Crippen molar-refractivity contribution < 1.29 is 0 Å². The molecular formula is C11H16IN3. The van der Waals surface area contributed by atoms with Crippen molar-refractivity contribution in [3.63, 3.8) is 0 Å². The third-order valence-electron chi connectivity index (χ3n) is 2.70. The Labute approximate surface area is 105 Å². The molecule has 0 spiro atoms. The quantitative estimate of drug-likeness (QED) is 0.613. The Morgan fingerprint density at radius 1 is 1.27 bits per heavy atom. The van der Waals surface area contributed by atoms with Gasteiger partial charge < -0.3 is 0 Å². The minimum atomic E-state index is 1.04. The molecule has 1 aliphatic heterocycles. The summed E-state index contributed by atoms with van der Waals surface area (Å²) in [7, 11) is 0. The number of pyridine rings is 1. The minimum Gasteiger partial charge on any atom is -0.296 e. The lowest BCUT2D eigenvalue weighted by molar-refractivity contribution is 0.198. The lowest BCUT2D eigenvalue weighted by Crippen LogP contribution is -2.41. The van der Waals surface area contributed by atoms with Gasteiger partial charge in [0.1, 0.15) is 0 Å². The summed E-state index contributed by atoms with van der Waals surface area (Å²) in [6.07, 6.45) is 1.99. The highest BCUT2D eigenvalue weighted by molar-refractivity contribution is 14.1. The number of hydrogen-bond donors (Lipinski definition) is 0. The van der Waals surface area contributed by atoms with Gasteiger partial charge in [-0.25, -0.2) is 3.11 Å². The van der Waals surface area contributed by atoms with Crippen LogP contribution in [0, 0.1) is 6.92 Å². The number of nitrogens with zero attached hydrogens (tertiary/aromatic N) is 3. The first-order valence-corrected chi connectivity index (χ1v) is 6.25. The number of aromatic nitrogens is 1. The summed E-state index contributed by atoms with van der Waals surface area (Å²) < 4.78 is 2.35. The molecule has 1 aromatic rings. The molecule has 15 heavy (non-hydrogen) atoms. The lowest BCUT2D eigenvalue weighted by atomic mass is 10.2. The van der Waals surface area contributed by atoms with Crippen LogP contribution in [0.2, 0.25) is 0 Å². The number of piperazine rings is 1. The van der Waals surface area contributed by atoms with Gasteiger partial charge in [0.05, 0.1) is 0 Å². The largest absolute Gasteiger partial charge is 0.296 e. The van der Waals surface area contributed by atoms with E-state index in [9.17, 15) is 0 Å². The molecule has 0 amide bonds. The first-order chi connectivity index (χ1) is 7.24. The molecule has 2 rings (SSSR count).